The van der Waals surface area contributed by atoms with Gasteiger partial charge in [0.15, 0.2) is 0 Å². The van der Waals surface area contributed by atoms with Gasteiger partial charge in [-0.05, 0) is 48.7 Å². The highest BCUT2D eigenvalue weighted by Crippen LogP contribution is 2.26. The average molecular weight is 499 g/mol. The minimum absolute atomic E-state index is 0.0141. The summed E-state index contributed by atoms with van der Waals surface area (Å²) in [7, 11) is -0.384. The highest BCUT2D eigenvalue weighted by Gasteiger charge is 2.32. The smallest absolute Gasteiger partial charge is 0.494 e. The standard InChI is InChI=1S/C25H32BN3O5.CH3F/c1-2-22-17-29(25(30)34-22)21-9-7-20(8-10-21)28-14-12-27(13-15-28)11-4-16-32-23-6-3-5-19-18-33-26(31)24(19)23;1-2/h3,5-10,22,31H,2,4,11-18H2,1H3;1H3. The van der Waals surface area contributed by atoms with E-state index in [2.05, 4.69) is 21.9 Å². The SMILES string of the molecule is CCC1CN(c2ccc(N3CCN(CCCOc4cccc5c4B(O)OC5)CC3)cc2)C(=O)O1.CF. The molecule has 1 amide bonds. The van der Waals surface area contributed by atoms with E-state index in [0.29, 0.717) is 26.9 Å². The molecule has 8 nitrogen and oxygen atoms in total. The van der Waals surface area contributed by atoms with Crippen LogP contribution in [0.5, 0.6) is 5.75 Å². The molecule has 2 saturated heterocycles. The van der Waals surface area contributed by atoms with Crippen LogP contribution >= 0.6 is 0 Å². The minimum atomic E-state index is -0.884. The summed E-state index contributed by atoms with van der Waals surface area (Å²) in [5.41, 5.74) is 3.85. The number of alkyl halides is 1. The van der Waals surface area contributed by atoms with Crippen molar-refractivity contribution in [1.29, 1.82) is 0 Å². The zero-order valence-corrected chi connectivity index (χ0v) is 21.1. The van der Waals surface area contributed by atoms with Crippen LogP contribution in [0.2, 0.25) is 0 Å². The Morgan fingerprint density at radius 3 is 2.50 bits per heavy atom. The maximum atomic E-state index is 12.1. The van der Waals surface area contributed by atoms with E-state index in [-0.39, 0.29) is 12.2 Å². The van der Waals surface area contributed by atoms with Crippen molar-refractivity contribution in [3.63, 3.8) is 0 Å². The molecule has 5 rings (SSSR count). The van der Waals surface area contributed by atoms with Crippen LogP contribution in [0.25, 0.3) is 0 Å². The maximum Gasteiger partial charge on any atom is 0.495 e. The summed E-state index contributed by atoms with van der Waals surface area (Å²) < 4.78 is 26.1. The van der Waals surface area contributed by atoms with Gasteiger partial charge in [-0.2, -0.15) is 0 Å². The Balaban J connectivity index is 0.00000148. The topological polar surface area (TPSA) is 74.7 Å². The van der Waals surface area contributed by atoms with Crippen LogP contribution in [0, 0.1) is 0 Å². The van der Waals surface area contributed by atoms with Crippen LogP contribution in [0.4, 0.5) is 20.6 Å². The molecule has 10 heteroatoms. The summed E-state index contributed by atoms with van der Waals surface area (Å²) >= 11 is 0. The number of anilines is 2. The third-order valence-electron chi connectivity index (χ3n) is 6.90. The summed E-state index contributed by atoms with van der Waals surface area (Å²) in [5, 5.41) is 10.0. The number of ether oxygens (including phenoxy) is 2. The molecule has 0 saturated carbocycles. The van der Waals surface area contributed by atoms with Crippen molar-refractivity contribution in [1.82, 2.24) is 4.90 Å². The van der Waals surface area contributed by atoms with Crippen LogP contribution in [-0.2, 0) is 16.0 Å². The van der Waals surface area contributed by atoms with Crippen molar-refractivity contribution >= 4 is 30.0 Å². The Kier molecular flexibility index (Phi) is 9.06. The lowest BCUT2D eigenvalue weighted by atomic mass is 9.79. The van der Waals surface area contributed by atoms with Gasteiger partial charge in [-0.15, -0.1) is 0 Å². The number of nitrogens with zero attached hydrogens (tertiary/aromatic N) is 3. The fourth-order valence-electron chi connectivity index (χ4n) is 4.86. The van der Waals surface area contributed by atoms with Gasteiger partial charge >= 0.3 is 13.2 Å². The number of carbonyl (C=O) groups excluding carboxylic acids is 1. The molecule has 3 aliphatic heterocycles. The van der Waals surface area contributed by atoms with E-state index >= 15 is 0 Å². The number of cyclic esters (lactones) is 1. The number of piperazine rings is 1. The number of benzene rings is 2. The third-order valence-corrected chi connectivity index (χ3v) is 6.90. The number of halogens is 1. The van der Waals surface area contributed by atoms with Crippen LogP contribution < -0.4 is 20.0 Å². The first-order chi connectivity index (χ1) is 17.6. The monoisotopic (exact) mass is 499 g/mol. The molecule has 0 bridgehead atoms. The van der Waals surface area contributed by atoms with Gasteiger partial charge in [-0.25, -0.2) is 4.79 Å². The van der Waals surface area contributed by atoms with Crippen molar-refractivity contribution in [2.45, 2.75) is 32.5 Å². The molecule has 1 N–H and O–H groups in total. The van der Waals surface area contributed by atoms with Gasteiger partial charge in [0.25, 0.3) is 0 Å². The first kappa shape index (κ1) is 26.3. The van der Waals surface area contributed by atoms with Crippen molar-refractivity contribution in [3.8, 4) is 5.75 Å². The number of hydrogen-bond acceptors (Lipinski definition) is 7. The Morgan fingerprint density at radius 2 is 1.81 bits per heavy atom. The zero-order chi connectivity index (χ0) is 25.5. The molecule has 1 unspecified atom stereocenters. The number of hydrogen-bond donors (Lipinski definition) is 1. The number of fused-ring (bicyclic) bond motifs is 1. The van der Waals surface area contributed by atoms with Gasteiger partial charge < -0.3 is 24.1 Å². The van der Waals surface area contributed by atoms with Gasteiger partial charge in [0, 0.05) is 49.6 Å². The van der Waals surface area contributed by atoms with E-state index in [1.807, 2.05) is 37.3 Å². The zero-order valence-electron chi connectivity index (χ0n) is 21.1. The van der Waals surface area contributed by atoms with Crippen LogP contribution in [-0.4, -0.2) is 82.3 Å². The Bertz CT molecular complexity index is 1000. The van der Waals surface area contributed by atoms with E-state index in [1.54, 1.807) is 4.90 Å². The van der Waals surface area contributed by atoms with Crippen molar-refractivity contribution in [3.05, 3.63) is 48.0 Å². The molecule has 2 aromatic rings. The van der Waals surface area contributed by atoms with Gasteiger partial charge in [0.2, 0.25) is 0 Å². The molecule has 36 heavy (non-hydrogen) atoms. The van der Waals surface area contributed by atoms with Crippen LogP contribution in [0.3, 0.4) is 0 Å². The number of amides is 1. The van der Waals surface area contributed by atoms with Crippen molar-refractivity contribution < 1.29 is 28.3 Å². The summed E-state index contributed by atoms with van der Waals surface area (Å²) in [6.07, 6.45) is 1.50. The molecular formula is C26H35BFN3O5. The molecular weight excluding hydrogens is 464 g/mol. The Labute approximate surface area is 212 Å². The second-order valence-electron chi connectivity index (χ2n) is 9.06. The first-order valence-electron chi connectivity index (χ1n) is 12.6. The Morgan fingerprint density at radius 1 is 1.08 bits per heavy atom. The Hall–Kier alpha value is -2.82. The van der Waals surface area contributed by atoms with Crippen LogP contribution in [0.15, 0.2) is 42.5 Å². The van der Waals surface area contributed by atoms with Gasteiger partial charge in [-0.3, -0.25) is 14.2 Å². The maximum absolute atomic E-state index is 12.1. The second kappa shape index (κ2) is 12.4. The molecule has 1 atom stereocenters. The fraction of sp³-hybridized carbons (Fsp3) is 0.500. The highest BCUT2D eigenvalue weighted by atomic mass is 19.1. The number of rotatable bonds is 8. The van der Waals surface area contributed by atoms with Crippen LogP contribution in [0.1, 0.15) is 25.3 Å². The molecule has 2 aromatic carbocycles. The summed E-state index contributed by atoms with van der Waals surface area (Å²) in [6, 6.07) is 14.0. The molecule has 0 aliphatic carbocycles. The lowest BCUT2D eigenvalue weighted by molar-refractivity contribution is 0.139. The normalized spacial score (nSPS) is 19.6. The number of carbonyl (C=O) groups is 1. The molecule has 194 valence electrons. The quantitative estimate of drug-likeness (QED) is 0.443. The summed E-state index contributed by atoms with van der Waals surface area (Å²) in [6.45, 7) is 8.64. The first-order valence-corrected chi connectivity index (χ1v) is 12.6. The third kappa shape index (κ3) is 5.94. The highest BCUT2D eigenvalue weighted by molar-refractivity contribution is 6.62. The van der Waals surface area contributed by atoms with E-state index < -0.39 is 7.12 Å². The minimum Gasteiger partial charge on any atom is -0.494 e. The van der Waals surface area contributed by atoms with Gasteiger partial charge in [0.1, 0.15) is 11.9 Å². The molecule has 3 heterocycles. The predicted octanol–water partition coefficient (Wildman–Crippen LogP) is 2.82. The molecule has 2 fully saturated rings. The van der Waals surface area contributed by atoms with E-state index in [4.69, 9.17) is 14.1 Å². The van der Waals surface area contributed by atoms with E-state index in [0.717, 1.165) is 68.0 Å². The van der Waals surface area contributed by atoms with Gasteiger partial charge in [-0.1, -0.05) is 19.1 Å². The fourth-order valence-corrected chi connectivity index (χ4v) is 4.86. The van der Waals surface area contributed by atoms with Crippen molar-refractivity contribution in [2.75, 3.05) is 62.9 Å². The molecule has 0 aromatic heterocycles. The summed E-state index contributed by atoms with van der Waals surface area (Å²) in [5.74, 6) is 0.725. The van der Waals surface area contributed by atoms with Gasteiger partial charge in [0.05, 0.1) is 26.9 Å². The molecule has 0 spiro atoms. The molecule has 3 aliphatic rings. The lowest BCUT2D eigenvalue weighted by Gasteiger charge is -2.36. The van der Waals surface area contributed by atoms with Crippen molar-refractivity contribution in [2.24, 2.45) is 0 Å². The lowest BCUT2D eigenvalue weighted by Crippen LogP contribution is -2.46. The average Bonchev–Trinajstić information content (AvgIpc) is 3.51. The molecule has 0 radical (unpaired) electrons. The second-order valence-corrected chi connectivity index (χ2v) is 9.06. The van der Waals surface area contributed by atoms with E-state index in [1.165, 1.54) is 5.69 Å². The predicted molar refractivity (Wildman–Crippen MR) is 139 cm³/mol. The largest absolute Gasteiger partial charge is 0.495 e. The summed E-state index contributed by atoms with van der Waals surface area (Å²) in [4.78, 5) is 18.7. The van der Waals surface area contributed by atoms with E-state index in [9.17, 15) is 14.2 Å².